The average molecular weight is 403 g/mol. The molecule has 0 saturated heterocycles. The summed E-state index contributed by atoms with van der Waals surface area (Å²) >= 11 is 0. The molecule has 0 spiro atoms. The van der Waals surface area contributed by atoms with Crippen LogP contribution in [0, 0.1) is 0 Å². The molecular formula is C25H25NO4. The van der Waals surface area contributed by atoms with Crippen LogP contribution in [0.15, 0.2) is 72.8 Å². The number of hydrogen-bond acceptors (Lipinski definition) is 5. The number of fused-ring (bicyclic) bond motifs is 1. The van der Waals surface area contributed by atoms with E-state index in [-0.39, 0.29) is 19.3 Å². The summed E-state index contributed by atoms with van der Waals surface area (Å²) in [6, 6.07) is 23.2. The molecule has 1 heterocycles. The molecule has 5 heteroatoms. The van der Waals surface area contributed by atoms with Gasteiger partial charge in [-0.25, -0.2) is 4.79 Å². The maximum atomic E-state index is 12.9. The SMILES string of the molecule is NC(COc1ccc2c(c1C(=O)OCc1ccccc1)OCC2)Cc1ccccc1. The van der Waals surface area contributed by atoms with Gasteiger partial charge < -0.3 is 19.9 Å². The van der Waals surface area contributed by atoms with E-state index >= 15 is 0 Å². The van der Waals surface area contributed by atoms with Crippen LogP contribution in [-0.4, -0.2) is 25.2 Å². The summed E-state index contributed by atoms with van der Waals surface area (Å²) in [6.07, 6.45) is 1.46. The Morgan fingerprint density at radius 3 is 2.40 bits per heavy atom. The molecule has 154 valence electrons. The van der Waals surface area contributed by atoms with E-state index in [2.05, 4.69) is 0 Å². The second-order valence-corrected chi connectivity index (χ2v) is 7.35. The van der Waals surface area contributed by atoms with Crippen molar-refractivity contribution in [3.05, 3.63) is 95.1 Å². The van der Waals surface area contributed by atoms with E-state index < -0.39 is 5.97 Å². The molecule has 1 atom stereocenters. The van der Waals surface area contributed by atoms with Crippen molar-refractivity contribution in [2.75, 3.05) is 13.2 Å². The molecule has 5 nitrogen and oxygen atoms in total. The van der Waals surface area contributed by atoms with E-state index in [1.165, 1.54) is 0 Å². The van der Waals surface area contributed by atoms with Gasteiger partial charge in [0.05, 0.1) is 6.61 Å². The maximum absolute atomic E-state index is 12.9. The number of ether oxygens (including phenoxy) is 3. The molecule has 0 saturated carbocycles. The lowest BCUT2D eigenvalue weighted by atomic mass is 10.1. The Morgan fingerprint density at radius 2 is 1.67 bits per heavy atom. The Labute approximate surface area is 176 Å². The first-order chi connectivity index (χ1) is 14.7. The summed E-state index contributed by atoms with van der Waals surface area (Å²) in [5.41, 5.74) is 9.65. The molecule has 30 heavy (non-hydrogen) atoms. The normalized spacial score (nSPS) is 13.2. The van der Waals surface area contributed by atoms with Gasteiger partial charge in [0.15, 0.2) is 0 Å². The first-order valence-corrected chi connectivity index (χ1v) is 10.1. The zero-order chi connectivity index (χ0) is 20.8. The molecule has 0 radical (unpaired) electrons. The topological polar surface area (TPSA) is 70.8 Å². The third-order valence-corrected chi connectivity index (χ3v) is 5.03. The highest BCUT2D eigenvalue weighted by Crippen LogP contribution is 2.37. The third kappa shape index (κ3) is 4.81. The number of nitrogens with two attached hydrogens (primary N) is 1. The Bertz CT molecular complexity index is 989. The van der Waals surface area contributed by atoms with Crippen LogP contribution in [0.4, 0.5) is 0 Å². The number of rotatable bonds is 8. The molecule has 2 N–H and O–H groups in total. The van der Waals surface area contributed by atoms with Crippen LogP contribution in [0.1, 0.15) is 27.0 Å². The Hall–Kier alpha value is -3.31. The highest BCUT2D eigenvalue weighted by molar-refractivity contribution is 5.96. The molecule has 1 unspecified atom stereocenters. The monoisotopic (exact) mass is 403 g/mol. The van der Waals surface area contributed by atoms with E-state index in [9.17, 15) is 4.79 Å². The summed E-state index contributed by atoms with van der Waals surface area (Å²) in [5, 5.41) is 0. The van der Waals surface area contributed by atoms with Crippen LogP contribution < -0.4 is 15.2 Å². The smallest absolute Gasteiger partial charge is 0.346 e. The van der Waals surface area contributed by atoms with Crippen LogP contribution >= 0.6 is 0 Å². The summed E-state index contributed by atoms with van der Waals surface area (Å²) in [7, 11) is 0. The molecule has 0 amide bonds. The van der Waals surface area contributed by atoms with Crippen molar-refractivity contribution < 1.29 is 19.0 Å². The second-order valence-electron chi connectivity index (χ2n) is 7.35. The van der Waals surface area contributed by atoms with Gasteiger partial charge in [0, 0.05) is 12.5 Å². The van der Waals surface area contributed by atoms with Gasteiger partial charge in [0.25, 0.3) is 0 Å². The summed E-state index contributed by atoms with van der Waals surface area (Å²) in [6.45, 7) is 1.02. The standard InChI is InChI=1S/C25H25NO4/c26-21(15-18-7-3-1-4-8-18)17-29-22-12-11-20-13-14-28-24(20)23(22)25(27)30-16-19-9-5-2-6-10-19/h1-12,21H,13-17,26H2. The fourth-order valence-corrected chi connectivity index (χ4v) is 3.51. The number of carbonyl (C=O) groups is 1. The lowest BCUT2D eigenvalue weighted by Gasteiger charge is -2.17. The zero-order valence-electron chi connectivity index (χ0n) is 16.8. The number of carbonyl (C=O) groups excluding carboxylic acids is 1. The van der Waals surface area contributed by atoms with Crippen molar-refractivity contribution in [2.24, 2.45) is 5.73 Å². The molecule has 0 bridgehead atoms. The van der Waals surface area contributed by atoms with Crippen molar-refractivity contribution in [3.8, 4) is 11.5 Å². The van der Waals surface area contributed by atoms with E-state index in [0.29, 0.717) is 30.1 Å². The van der Waals surface area contributed by atoms with Gasteiger partial charge in [-0.05, 0) is 29.2 Å². The van der Waals surface area contributed by atoms with E-state index in [1.54, 1.807) is 0 Å². The molecule has 1 aliphatic rings. The van der Waals surface area contributed by atoms with Gasteiger partial charge in [0.2, 0.25) is 0 Å². The third-order valence-electron chi connectivity index (χ3n) is 5.03. The molecule has 0 aromatic heterocycles. The van der Waals surface area contributed by atoms with E-state index in [0.717, 1.165) is 23.1 Å². The van der Waals surface area contributed by atoms with Crippen molar-refractivity contribution in [1.82, 2.24) is 0 Å². The van der Waals surface area contributed by atoms with Crippen LogP contribution in [0.25, 0.3) is 0 Å². The molecular weight excluding hydrogens is 378 g/mol. The first kappa shape index (κ1) is 20.0. The largest absolute Gasteiger partial charge is 0.492 e. The fraction of sp³-hybridized carbons (Fsp3) is 0.240. The van der Waals surface area contributed by atoms with Gasteiger partial charge in [-0.3, -0.25) is 0 Å². The molecule has 4 rings (SSSR count). The molecule has 0 aliphatic carbocycles. The van der Waals surface area contributed by atoms with Crippen molar-refractivity contribution >= 4 is 5.97 Å². The molecule has 0 fully saturated rings. The fourth-order valence-electron chi connectivity index (χ4n) is 3.51. The summed E-state index contributed by atoms with van der Waals surface area (Å²) in [4.78, 5) is 12.9. The predicted octanol–water partition coefficient (Wildman–Crippen LogP) is 3.93. The highest BCUT2D eigenvalue weighted by Gasteiger charge is 2.27. The number of hydrogen-bond donors (Lipinski definition) is 1. The summed E-state index contributed by atoms with van der Waals surface area (Å²) in [5.74, 6) is 0.545. The Kier molecular flexibility index (Phi) is 6.30. The van der Waals surface area contributed by atoms with Gasteiger partial charge in [-0.2, -0.15) is 0 Å². The predicted molar refractivity (Wildman–Crippen MR) is 115 cm³/mol. The minimum atomic E-state index is -0.454. The van der Waals surface area contributed by atoms with Crippen LogP contribution in [0.5, 0.6) is 11.5 Å². The number of benzene rings is 3. The van der Waals surface area contributed by atoms with Gasteiger partial charge in [0.1, 0.15) is 30.3 Å². The quantitative estimate of drug-likeness (QED) is 0.577. The summed E-state index contributed by atoms with van der Waals surface area (Å²) < 4.78 is 17.2. The van der Waals surface area contributed by atoms with Crippen molar-refractivity contribution in [3.63, 3.8) is 0 Å². The minimum absolute atomic E-state index is 0.191. The van der Waals surface area contributed by atoms with Gasteiger partial charge in [-0.15, -0.1) is 0 Å². The Balaban J connectivity index is 1.47. The van der Waals surface area contributed by atoms with Crippen molar-refractivity contribution in [1.29, 1.82) is 0 Å². The molecule has 3 aromatic rings. The van der Waals surface area contributed by atoms with Crippen LogP contribution in [-0.2, 0) is 24.2 Å². The zero-order valence-corrected chi connectivity index (χ0v) is 16.8. The lowest BCUT2D eigenvalue weighted by molar-refractivity contribution is 0.0463. The van der Waals surface area contributed by atoms with Gasteiger partial charge >= 0.3 is 5.97 Å². The van der Waals surface area contributed by atoms with E-state index in [1.807, 2.05) is 72.8 Å². The van der Waals surface area contributed by atoms with E-state index in [4.69, 9.17) is 19.9 Å². The average Bonchev–Trinajstić information content (AvgIpc) is 3.26. The van der Waals surface area contributed by atoms with Crippen molar-refractivity contribution in [2.45, 2.75) is 25.5 Å². The van der Waals surface area contributed by atoms with Crippen LogP contribution in [0.2, 0.25) is 0 Å². The Morgan fingerprint density at radius 1 is 0.967 bits per heavy atom. The highest BCUT2D eigenvalue weighted by atomic mass is 16.5. The first-order valence-electron chi connectivity index (χ1n) is 10.1. The second kappa shape index (κ2) is 9.46. The number of esters is 1. The lowest BCUT2D eigenvalue weighted by Crippen LogP contribution is -2.30. The van der Waals surface area contributed by atoms with Gasteiger partial charge in [-0.1, -0.05) is 66.7 Å². The minimum Gasteiger partial charge on any atom is -0.492 e. The molecule has 3 aromatic carbocycles. The molecule has 1 aliphatic heterocycles. The maximum Gasteiger partial charge on any atom is 0.346 e. The van der Waals surface area contributed by atoms with Crippen LogP contribution in [0.3, 0.4) is 0 Å².